The van der Waals surface area contributed by atoms with E-state index in [1.807, 2.05) is 20.8 Å². The maximum Gasteiger partial charge on any atom is 0.337 e. The summed E-state index contributed by atoms with van der Waals surface area (Å²) >= 11 is 0. The average Bonchev–Trinajstić information content (AvgIpc) is 2.37. The summed E-state index contributed by atoms with van der Waals surface area (Å²) in [6.45, 7) is 6.12. The van der Waals surface area contributed by atoms with E-state index in [4.69, 9.17) is 5.11 Å². The quantitative estimate of drug-likeness (QED) is 0.871. The van der Waals surface area contributed by atoms with Crippen LogP contribution in [0.5, 0.6) is 0 Å². The highest BCUT2D eigenvalue weighted by Crippen LogP contribution is 2.20. The van der Waals surface area contributed by atoms with Gasteiger partial charge in [0.2, 0.25) is 0 Å². The molecule has 0 unspecified atom stereocenters. The normalized spacial score (nSPS) is 10.4. The third-order valence-electron chi connectivity index (χ3n) is 2.82. The van der Waals surface area contributed by atoms with E-state index in [9.17, 15) is 14.0 Å². The minimum atomic E-state index is -1.29. The van der Waals surface area contributed by atoms with Crippen LogP contribution in [-0.4, -0.2) is 34.6 Å². The number of carbonyl (C=O) groups is 2. The molecule has 1 aromatic rings. The summed E-state index contributed by atoms with van der Waals surface area (Å²) in [6, 6.07) is 3.09. The topological polar surface area (TPSA) is 69.6 Å². The summed E-state index contributed by atoms with van der Waals surface area (Å²) in [4.78, 5) is 24.7. The van der Waals surface area contributed by atoms with Gasteiger partial charge in [-0.1, -0.05) is 13.0 Å². The number of carboxylic acid groups (broad SMARTS) is 1. The van der Waals surface area contributed by atoms with Gasteiger partial charge in [0.05, 0.1) is 11.3 Å². The second kappa shape index (κ2) is 6.88. The van der Waals surface area contributed by atoms with Crippen molar-refractivity contribution < 1.29 is 19.1 Å². The number of rotatable bonds is 5. The number of halogens is 1. The molecular weight excluding hydrogens is 263 g/mol. The molecule has 0 aromatic heterocycles. The number of anilines is 1. The van der Waals surface area contributed by atoms with E-state index in [1.54, 1.807) is 0 Å². The molecule has 0 atom stereocenters. The zero-order valence-corrected chi connectivity index (χ0v) is 11.8. The van der Waals surface area contributed by atoms with Gasteiger partial charge in [0.25, 0.3) is 0 Å². The van der Waals surface area contributed by atoms with Crippen molar-refractivity contribution in [3.8, 4) is 0 Å². The molecule has 1 aromatic carbocycles. The number of carboxylic acids is 1. The van der Waals surface area contributed by atoms with Gasteiger partial charge in [-0.15, -0.1) is 0 Å². The highest BCUT2D eigenvalue weighted by atomic mass is 19.1. The molecule has 0 saturated carbocycles. The van der Waals surface area contributed by atoms with Crippen LogP contribution in [0.3, 0.4) is 0 Å². The second-order valence-electron chi connectivity index (χ2n) is 4.68. The largest absolute Gasteiger partial charge is 0.478 e. The van der Waals surface area contributed by atoms with Gasteiger partial charge in [0.15, 0.2) is 0 Å². The molecule has 6 heteroatoms. The summed E-state index contributed by atoms with van der Waals surface area (Å²) in [5.74, 6) is -2.05. The maximum absolute atomic E-state index is 13.7. The molecule has 20 heavy (non-hydrogen) atoms. The lowest BCUT2D eigenvalue weighted by molar-refractivity contribution is 0.0697. The van der Waals surface area contributed by atoms with Crippen LogP contribution in [0, 0.1) is 5.82 Å². The van der Waals surface area contributed by atoms with E-state index in [0.29, 0.717) is 6.54 Å². The molecule has 0 aliphatic rings. The number of hydrogen-bond acceptors (Lipinski definition) is 2. The minimum Gasteiger partial charge on any atom is -0.478 e. The molecule has 0 heterocycles. The lowest BCUT2D eigenvalue weighted by Crippen LogP contribution is -2.40. The van der Waals surface area contributed by atoms with Crippen LogP contribution < -0.4 is 5.32 Å². The minimum absolute atomic E-state index is 0.0602. The van der Waals surface area contributed by atoms with Crippen LogP contribution in [0.2, 0.25) is 0 Å². The fraction of sp³-hybridized carbons (Fsp3) is 0.429. The van der Waals surface area contributed by atoms with Crippen molar-refractivity contribution in [2.75, 3.05) is 11.9 Å². The van der Waals surface area contributed by atoms with Crippen molar-refractivity contribution in [1.82, 2.24) is 4.90 Å². The first-order valence-corrected chi connectivity index (χ1v) is 6.47. The third-order valence-corrected chi connectivity index (χ3v) is 2.82. The number of benzene rings is 1. The number of hydrogen-bond donors (Lipinski definition) is 2. The van der Waals surface area contributed by atoms with Crippen molar-refractivity contribution in [2.45, 2.75) is 33.2 Å². The predicted octanol–water partition coefficient (Wildman–Crippen LogP) is 3.18. The summed E-state index contributed by atoms with van der Waals surface area (Å²) < 4.78 is 13.7. The summed E-state index contributed by atoms with van der Waals surface area (Å²) in [5, 5.41) is 11.4. The molecular formula is C14H19FN2O3. The Kier molecular flexibility index (Phi) is 5.49. The number of aromatic carboxylic acids is 1. The van der Waals surface area contributed by atoms with Gasteiger partial charge in [0, 0.05) is 12.6 Å². The first kappa shape index (κ1) is 15.9. The molecule has 0 bridgehead atoms. The van der Waals surface area contributed by atoms with Crippen molar-refractivity contribution in [1.29, 1.82) is 0 Å². The number of para-hydroxylation sites is 1. The Balaban J connectivity index is 3.03. The first-order valence-electron chi connectivity index (χ1n) is 6.47. The Morgan fingerprint density at radius 3 is 2.55 bits per heavy atom. The zero-order chi connectivity index (χ0) is 15.3. The molecule has 0 spiro atoms. The van der Waals surface area contributed by atoms with Crippen LogP contribution >= 0.6 is 0 Å². The van der Waals surface area contributed by atoms with Crippen LogP contribution in [0.4, 0.5) is 14.9 Å². The van der Waals surface area contributed by atoms with E-state index >= 15 is 0 Å². The lowest BCUT2D eigenvalue weighted by Gasteiger charge is -2.26. The Morgan fingerprint density at radius 2 is 2.05 bits per heavy atom. The fourth-order valence-electron chi connectivity index (χ4n) is 1.84. The number of nitrogens with zero attached hydrogens (tertiary/aromatic N) is 1. The number of nitrogens with one attached hydrogen (secondary N) is 1. The third kappa shape index (κ3) is 3.69. The lowest BCUT2D eigenvalue weighted by atomic mass is 10.1. The van der Waals surface area contributed by atoms with Crippen molar-refractivity contribution >= 4 is 17.7 Å². The zero-order valence-electron chi connectivity index (χ0n) is 11.8. The highest BCUT2D eigenvalue weighted by molar-refractivity contribution is 6.00. The van der Waals surface area contributed by atoms with Gasteiger partial charge >= 0.3 is 12.0 Å². The molecule has 2 amide bonds. The molecule has 0 saturated heterocycles. The van der Waals surface area contributed by atoms with E-state index in [2.05, 4.69) is 5.32 Å². The van der Waals surface area contributed by atoms with E-state index in [1.165, 1.54) is 17.0 Å². The standard InChI is InChI=1S/C14H19FN2O3/c1-4-8-17(9(2)3)14(20)16-12-10(13(18)19)6-5-7-11(12)15/h5-7,9H,4,8H2,1-3H3,(H,16,20)(H,18,19). The van der Waals surface area contributed by atoms with Crippen LogP contribution in [0.15, 0.2) is 18.2 Å². The molecule has 5 nitrogen and oxygen atoms in total. The fourth-order valence-corrected chi connectivity index (χ4v) is 1.84. The Labute approximate surface area is 117 Å². The monoisotopic (exact) mass is 282 g/mol. The molecule has 0 radical (unpaired) electrons. The molecule has 0 aliphatic heterocycles. The van der Waals surface area contributed by atoms with Gasteiger partial charge < -0.3 is 15.3 Å². The van der Waals surface area contributed by atoms with Gasteiger partial charge in [-0.2, -0.15) is 0 Å². The second-order valence-corrected chi connectivity index (χ2v) is 4.68. The molecule has 1 rings (SSSR count). The molecule has 0 fully saturated rings. The number of amides is 2. The Hall–Kier alpha value is -2.11. The van der Waals surface area contributed by atoms with Crippen LogP contribution in [-0.2, 0) is 0 Å². The number of carbonyl (C=O) groups excluding carboxylic acids is 1. The average molecular weight is 282 g/mol. The van der Waals surface area contributed by atoms with Gasteiger partial charge in [-0.25, -0.2) is 14.0 Å². The molecule has 110 valence electrons. The predicted molar refractivity (Wildman–Crippen MR) is 74.5 cm³/mol. The molecule has 0 aliphatic carbocycles. The summed E-state index contributed by atoms with van der Waals surface area (Å²) in [5.41, 5.74) is -0.565. The summed E-state index contributed by atoms with van der Waals surface area (Å²) in [6.07, 6.45) is 0.759. The van der Waals surface area contributed by atoms with Crippen molar-refractivity contribution in [2.24, 2.45) is 0 Å². The van der Waals surface area contributed by atoms with E-state index in [0.717, 1.165) is 12.5 Å². The maximum atomic E-state index is 13.7. The van der Waals surface area contributed by atoms with E-state index in [-0.39, 0.29) is 17.3 Å². The van der Waals surface area contributed by atoms with Crippen molar-refractivity contribution in [3.63, 3.8) is 0 Å². The first-order chi connectivity index (χ1) is 9.38. The SMILES string of the molecule is CCCN(C(=O)Nc1c(F)cccc1C(=O)O)C(C)C. The smallest absolute Gasteiger partial charge is 0.337 e. The Morgan fingerprint density at radius 1 is 1.40 bits per heavy atom. The highest BCUT2D eigenvalue weighted by Gasteiger charge is 2.21. The van der Waals surface area contributed by atoms with E-state index < -0.39 is 17.8 Å². The number of urea groups is 1. The van der Waals surface area contributed by atoms with Crippen LogP contribution in [0.25, 0.3) is 0 Å². The van der Waals surface area contributed by atoms with Crippen molar-refractivity contribution in [3.05, 3.63) is 29.6 Å². The van der Waals surface area contributed by atoms with Gasteiger partial charge in [0.1, 0.15) is 5.82 Å². The summed E-state index contributed by atoms with van der Waals surface area (Å²) in [7, 11) is 0. The molecule has 2 N–H and O–H groups in total. The Bertz CT molecular complexity index is 503. The van der Waals surface area contributed by atoms with Crippen LogP contribution in [0.1, 0.15) is 37.6 Å². The van der Waals surface area contributed by atoms with Gasteiger partial charge in [-0.05, 0) is 32.4 Å². The van der Waals surface area contributed by atoms with Gasteiger partial charge in [-0.3, -0.25) is 0 Å².